The van der Waals surface area contributed by atoms with Crippen molar-refractivity contribution in [3.05, 3.63) is 17.0 Å². The summed E-state index contributed by atoms with van der Waals surface area (Å²) in [6.45, 7) is 3.04. The lowest BCUT2D eigenvalue weighted by Crippen LogP contribution is -2.30. The molecule has 5 heteroatoms. The van der Waals surface area contributed by atoms with E-state index in [-0.39, 0.29) is 17.7 Å². The van der Waals surface area contributed by atoms with Gasteiger partial charge in [-0.25, -0.2) is 0 Å². The van der Waals surface area contributed by atoms with Crippen molar-refractivity contribution in [3.63, 3.8) is 0 Å². The second-order valence-electron chi connectivity index (χ2n) is 6.93. The molecule has 0 atom stereocenters. The van der Waals surface area contributed by atoms with Crippen LogP contribution < -0.4 is 10.6 Å². The zero-order chi connectivity index (χ0) is 16.2. The van der Waals surface area contributed by atoms with Gasteiger partial charge in [-0.05, 0) is 49.7 Å². The number of anilines is 1. The van der Waals surface area contributed by atoms with E-state index in [1.54, 1.807) is 6.07 Å². The molecule has 0 aromatic carbocycles. The molecule has 2 aliphatic carbocycles. The summed E-state index contributed by atoms with van der Waals surface area (Å²) < 4.78 is 0. The van der Waals surface area contributed by atoms with Gasteiger partial charge in [0.25, 0.3) is 5.91 Å². The number of carbonyl (C=O) groups is 2. The third-order valence-electron chi connectivity index (χ3n) is 5.12. The molecule has 126 valence electrons. The molecule has 2 amide bonds. The summed E-state index contributed by atoms with van der Waals surface area (Å²) in [5, 5.41) is 6.73. The van der Waals surface area contributed by atoms with Crippen LogP contribution in [0.15, 0.2) is 12.1 Å². The van der Waals surface area contributed by atoms with Crippen molar-refractivity contribution >= 4 is 28.2 Å². The summed E-state index contributed by atoms with van der Waals surface area (Å²) >= 11 is 1.36. The molecule has 0 radical (unpaired) electrons. The van der Waals surface area contributed by atoms with Gasteiger partial charge >= 0.3 is 0 Å². The number of hydrogen-bond donors (Lipinski definition) is 2. The average molecular weight is 334 g/mol. The molecule has 0 spiro atoms. The zero-order valence-electron chi connectivity index (χ0n) is 13.8. The number of thiophene rings is 1. The molecule has 3 rings (SSSR count). The van der Waals surface area contributed by atoms with Crippen molar-refractivity contribution in [3.8, 4) is 0 Å². The van der Waals surface area contributed by atoms with E-state index in [0.29, 0.717) is 10.8 Å². The van der Waals surface area contributed by atoms with Gasteiger partial charge in [0.15, 0.2) is 0 Å². The summed E-state index contributed by atoms with van der Waals surface area (Å²) in [6, 6.07) is 3.63. The van der Waals surface area contributed by atoms with E-state index < -0.39 is 0 Å². The van der Waals surface area contributed by atoms with Crippen LogP contribution in [0.25, 0.3) is 0 Å². The molecular formula is C18H26N2O2S. The lowest BCUT2D eigenvalue weighted by atomic mass is 9.81. The number of rotatable bonds is 6. The Morgan fingerprint density at radius 2 is 1.78 bits per heavy atom. The quantitative estimate of drug-likeness (QED) is 0.825. The Morgan fingerprint density at radius 3 is 2.43 bits per heavy atom. The van der Waals surface area contributed by atoms with Crippen LogP contribution in [0.2, 0.25) is 0 Å². The van der Waals surface area contributed by atoms with E-state index in [1.165, 1.54) is 43.4 Å². The van der Waals surface area contributed by atoms with Gasteiger partial charge in [0.1, 0.15) is 0 Å². The van der Waals surface area contributed by atoms with Gasteiger partial charge in [0.2, 0.25) is 5.91 Å². The standard InChI is InChI=1S/C18H26N2O2S/c1-2-12-3-5-13(6-4-12)11-19-18(22)15-9-10-16(23-15)20-17(21)14-7-8-14/h9-10,12-14H,2-8,11H2,1H3,(H,19,22)(H,20,21). The van der Waals surface area contributed by atoms with E-state index in [2.05, 4.69) is 17.6 Å². The molecule has 23 heavy (non-hydrogen) atoms. The van der Waals surface area contributed by atoms with Gasteiger partial charge in [0.05, 0.1) is 9.88 Å². The summed E-state index contributed by atoms with van der Waals surface area (Å²) in [5.41, 5.74) is 0. The van der Waals surface area contributed by atoms with Crippen molar-refractivity contribution in [2.75, 3.05) is 11.9 Å². The molecule has 1 aromatic heterocycles. The van der Waals surface area contributed by atoms with Crippen molar-refractivity contribution in [1.29, 1.82) is 0 Å². The van der Waals surface area contributed by atoms with Gasteiger partial charge in [-0.1, -0.05) is 26.2 Å². The maximum Gasteiger partial charge on any atom is 0.261 e. The Labute approximate surface area is 142 Å². The zero-order valence-corrected chi connectivity index (χ0v) is 14.6. The summed E-state index contributed by atoms with van der Waals surface area (Å²) in [4.78, 5) is 24.7. The molecule has 2 N–H and O–H groups in total. The van der Waals surface area contributed by atoms with E-state index in [1.807, 2.05) is 6.07 Å². The highest BCUT2D eigenvalue weighted by atomic mass is 32.1. The van der Waals surface area contributed by atoms with E-state index in [4.69, 9.17) is 0 Å². The van der Waals surface area contributed by atoms with Crippen molar-refractivity contribution in [2.45, 2.75) is 51.9 Å². The van der Waals surface area contributed by atoms with Crippen LogP contribution in [-0.2, 0) is 4.79 Å². The highest BCUT2D eigenvalue weighted by Gasteiger charge is 2.30. The molecule has 2 aliphatic rings. The average Bonchev–Trinajstić information content (AvgIpc) is 3.33. The minimum absolute atomic E-state index is 0.0143. The molecular weight excluding hydrogens is 308 g/mol. The highest BCUT2D eigenvalue weighted by Crippen LogP contribution is 2.32. The predicted octanol–water partition coefficient (Wildman–Crippen LogP) is 4.04. The summed E-state index contributed by atoms with van der Waals surface area (Å²) in [7, 11) is 0. The number of nitrogens with one attached hydrogen (secondary N) is 2. The van der Waals surface area contributed by atoms with E-state index >= 15 is 0 Å². The normalized spacial score (nSPS) is 24.2. The smallest absolute Gasteiger partial charge is 0.261 e. The fourth-order valence-electron chi connectivity index (χ4n) is 3.26. The van der Waals surface area contributed by atoms with Crippen LogP contribution in [0, 0.1) is 17.8 Å². The van der Waals surface area contributed by atoms with Gasteiger partial charge in [-0.15, -0.1) is 11.3 Å². The Balaban J connectivity index is 1.43. The Kier molecular flexibility index (Phi) is 5.36. The Morgan fingerprint density at radius 1 is 1.09 bits per heavy atom. The first-order chi connectivity index (χ1) is 11.2. The molecule has 4 nitrogen and oxygen atoms in total. The fourth-order valence-corrected chi connectivity index (χ4v) is 4.09. The second-order valence-corrected chi connectivity index (χ2v) is 8.02. The first-order valence-electron chi connectivity index (χ1n) is 8.84. The van der Waals surface area contributed by atoms with Crippen molar-refractivity contribution in [1.82, 2.24) is 5.32 Å². The first-order valence-corrected chi connectivity index (χ1v) is 9.66. The topological polar surface area (TPSA) is 58.2 Å². The van der Waals surface area contributed by atoms with Gasteiger partial charge in [-0.2, -0.15) is 0 Å². The molecule has 2 fully saturated rings. The molecule has 0 aliphatic heterocycles. The van der Waals surface area contributed by atoms with E-state index in [0.717, 1.165) is 30.3 Å². The lowest BCUT2D eigenvalue weighted by molar-refractivity contribution is -0.117. The number of hydrogen-bond acceptors (Lipinski definition) is 3. The first kappa shape index (κ1) is 16.5. The third-order valence-corrected chi connectivity index (χ3v) is 6.12. The molecule has 1 heterocycles. The van der Waals surface area contributed by atoms with Crippen molar-refractivity contribution < 1.29 is 9.59 Å². The van der Waals surface area contributed by atoms with Crippen LogP contribution in [0.3, 0.4) is 0 Å². The van der Waals surface area contributed by atoms with Crippen LogP contribution in [0.1, 0.15) is 61.5 Å². The van der Waals surface area contributed by atoms with Gasteiger partial charge < -0.3 is 10.6 Å². The number of amides is 2. The minimum Gasteiger partial charge on any atom is -0.351 e. The number of carbonyl (C=O) groups excluding carboxylic acids is 2. The summed E-state index contributed by atoms with van der Waals surface area (Å²) in [6.07, 6.45) is 8.32. The van der Waals surface area contributed by atoms with Crippen LogP contribution >= 0.6 is 11.3 Å². The molecule has 0 bridgehead atoms. The maximum atomic E-state index is 12.2. The summed E-state index contributed by atoms with van der Waals surface area (Å²) in [5.74, 6) is 1.77. The molecule has 0 unspecified atom stereocenters. The fraction of sp³-hybridized carbons (Fsp3) is 0.667. The Hall–Kier alpha value is -1.36. The van der Waals surface area contributed by atoms with Crippen molar-refractivity contribution in [2.24, 2.45) is 17.8 Å². The van der Waals surface area contributed by atoms with Crippen LogP contribution in [0.4, 0.5) is 5.00 Å². The lowest BCUT2D eigenvalue weighted by Gasteiger charge is -2.27. The molecule has 0 saturated heterocycles. The van der Waals surface area contributed by atoms with E-state index in [9.17, 15) is 9.59 Å². The predicted molar refractivity (Wildman–Crippen MR) is 93.7 cm³/mol. The Bertz CT molecular complexity index is 557. The van der Waals surface area contributed by atoms with Crippen LogP contribution in [0.5, 0.6) is 0 Å². The SMILES string of the molecule is CCC1CCC(CNC(=O)c2ccc(NC(=O)C3CC3)s2)CC1. The van der Waals surface area contributed by atoms with Gasteiger partial charge in [0, 0.05) is 12.5 Å². The molecule has 2 saturated carbocycles. The minimum atomic E-state index is -0.0143. The largest absolute Gasteiger partial charge is 0.351 e. The highest BCUT2D eigenvalue weighted by molar-refractivity contribution is 7.18. The van der Waals surface area contributed by atoms with Crippen LogP contribution in [-0.4, -0.2) is 18.4 Å². The third kappa shape index (κ3) is 4.56. The second kappa shape index (κ2) is 7.47. The van der Waals surface area contributed by atoms with Gasteiger partial charge in [-0.3, -0.25) is 9.59 Å². The molecule has 1 aromatic rings. The monoisotopic (exact) mass is 334 g/mol. The maximum absolute atomic E-state index is 12.2.